The Balaban J connectivity index is 3.27. The van der Waals surface area contributed by atoms with Gasteiger partial charge in [-0.2, -0.15) is 0 Å². The fourth-order valence-electron chi connectivity index (χ4n) is 1.22. The molecule has 0 aliphatic carbocycles. The maximum absolute atomic E-state index is 11.4. The van der Waals surface area contributed by atoms with Crippen molar-refractivity contribution in [2.24, 2.45) is 0 Å². The van der Waals surface area contributed by atoms with Gasteiger partial charge in [0.2, 0.25) is 0 Å². The minimum Gasteiger partial charge on any atom is -0.506 e. The highest BCUT2D eigenvalue weighted by Crippen LogP contribution is 2.19. The molecule has 0 atom stereocenters. The number of hydrogen-bond acceptors (Lipinski definition) is 4. The normalized spacial score (nSPS) is 10.0. The summed E-state index contributed by atoms with van der Waals surface area (Å²) in [6.07, 6.45) is 1.91. The lowest BCUT2D eigenvalue weighted by Gasteiger charge is -2.06. The van der Waals surface area contributed by atoms with E-state index < -0.39 is 11.5 Å². The van der Waals surface area contributed by atoms with Crippen molar-refractivity contribution >= 4 is 5.97 Å². The van der Waals surface area contributed by atoms with Crippen LogP contribution in [0.25, 0.3) is 0 Å². The first-order chi connectivity index (χ1) is 7.11. The maximum Gasteiger partial charge on any atom is 0.347 e. The summed E-state index contributed by atoms with van der Waals surface area (Å²) < 4.78 is 4.67. The zero-order valence-electron chi connectivity index (χ0n) is 8.66. The molecule has 1 heterocycles. The van der Waals surface area contributed by atoms with Crippen LogP contribution < -0.4 is 5.56 Å². The number of esters is 1. The fraction of sp³-hybridized carbons (Fsp3) is 0.400. The number of pyridine rings is 1. The summed E-state index contributed by atoms with van der Waals surface area (Å²) in [6.45, 7) is 3.60. The number of rotatable bonds is 3. The molecule has 2 N–H and O–H groups in total. The van der Waals surface area contributed by atoms with E-state index in [1.165, 1.54) is 6.20 Å². The maximum atomic E-state index is 11.4. The van der Waals surface area contributed by atoms with Crippen molar-refractivity contribution in [1.82, 2.24) is 4.98 Å². The van der Waals surface area contributed by atoms with Crippen molar-refractivity contribution in [3.05, 3.63) is 27.7 Å². The third kappa shape index (κ3) is 2.18. The summed E-state index contributed by atoms with van der Waals surface area (Å²) in [5, 5.41) is 9.65. The molecule has 1 rings (SSSR count). The number of carbonyl (C=O) groups excluding carboxylic acids is 1. The van der Waals surface area contributed by atoms with E-state index in [0.717, 1.165) is 0 Å². The Morgan fingerprint density at radius 3 is 2.73 bits per heavy atom. The molecule has 0 amide bonds. The van der Waals surface area contributed by atoms with Gasteiger partial charge in [-0.25, -0.2) is 4.79 Å². The molecule has 0 aromatic carbocycles. The minimum absolute atomic E-state index is 0.161. The predicted octanol–water partition coefficient (Wildman–Crippen LogP) is 0.820. The first kappa shape index (κ1) is 11.3. The highest BCUT2D eigenvalue weighted by molar-refractivity contribution is 5.92. The van der Waals surface area contributed by atoms with Gasteiger partial charge < -0.3 is 14.8 Å². The average molecular weight is 211 g/mol. The zero-order valence-corrected chi connectivity index (χ0v) is 8.66. The third-order valence-corrected chi connectivity index (χ3v) is 2.01. The Bertz CT molecular complexity index is 422. The van der Waals surface area contributed by atoms with Crippen molar-refractivity contribution in [3.8, 4) is 5.75 Å². The number of nitrogens with one attached hydrogen (secondary N) is 1. The van der Waals surface area contributed by atoms with E-state index in [1.807, 2.05) is 6.92 Å². The largest absolute Gasteiger partial charge is 0.506 e. The molecule has 0 saturated carbocycles. The summed E-state index contributed by atoms with van der Waals surface area (Å²) >= 11 is 0. The lowest BCUT2D eigenvalue weighted by Crippen LogP contribution is -2.20. The van der Waals surface area contributed by atoms with Crippen LogP contribution in [0.4, 0.5) is 0 Å². The van der Waals surface area contributed by atoms with E-state index in [1.54, 1.807) is 6.92 Å². The lowest BCUT2D eigenvalue weighted by atomic mass is 10.1. The molecule has 1 aromatic heterocycles. The highest BCUT2D eigenvalue weighted by atomic mass is 16.5. The minimum atomic E-state index is -0.799. The van der Waals surface area contributed by atoms with Crippen molar-refractivity contribution < 1.29 is 14.6 Å². The molecule has 0 radical (unpaired) electrons. The van der Waals surface area contributed by atoms with Crippen LogP contribution in [0.3, 0.4) is 0 Å². The number of carbonyl (C=O) groups is 1. The van der Waals surface area contributed by atoms with Crippen molar-refractivity contribution in [2.45, 2.75) is 20.3 Å². The van der Waals surface area contributed by atoms with E-state index in [9.17, 15) is 14.7 Å². The molecular formula is C10H13NO4. The van der Waals surface area contributed by atoms with Gasteiger partial charge in [0.15, 0.2) is 5.56 Å². The smallest absolute Gasteiger partial charge is 0.347 e. The van der Waals surface area contributed by atoms with Crippen LogP contribution in [0.1, 0.15) is 29.8 Å². The zero-order chi connectivity index (χ0) is 11.4. The number of aromatic amines is 1. The van der Waals surface area contributed by atoms with Gasteiger partial charge in [-0.05, 0) is 13.3 Å². The van der Waals surface area contributed by atoms with E-state index in [4.69, 9.17) is 0 Å². The van der Waals surface area contributed by atoms with E-state index >= 15 is 0 Å². The van der Waals surface area contributed by atoms with Gasteiger partial charge in [-0.3, -0.25) is 4.79 Å². The first-order valence-corrected chi connectivity index (χ1v) is 4.72. The van der Waals surface area contributed by atoms with E-state index in [-0.39, 0.29) is 17.9 Å². The van der Waals surface area contributed by atoms with Gasteiger partial charge in [0.05, 0.1) is 6.61 Å². The average Bonchev–Trinajstić information content (AvgIpc) is 2.18. The molecular weight excluding hydrogens is 198 g/mol. The Kier molecular flexibility index (Phi) is 3.49. The molecule has 5 heteroatoms. The number of hydrogen-bond donors (Lipinski definition) is 2. The van der Waals surface area contributed by atoms with Gasteiger partial charge >= 0.3 is 5.97 Å². The third-order valence-electron chi connectivity index (χ3n) is 2.01. The number of ether oxygens (including phenoxy) is 1. The fourth-order valence-corrected chi connectivity index (χ4v) is 1.22. The Morgan fingerprint density at radius 1 is 1.53 bits per heavy atom. The summed E-state index contributed by atoms with van der Waals surface area (Å²) in [5.41, 5.74) is -0.447. The quantitative estimate of drug-likeness (QED) is 0.725. The number of H-pyrrole nitrogens is 1. The topological polar surface area (TPSA) is 79.4 Å². The summed E-state index contributed by atoms with van der Waals surface area (Å²) in [5.74, 6) is -1.09. The SMILES string of the molecule is CCOC(=O)c1c(O)c(CC)c[nH]c1=O. The standard InChI is InChI=1S/C10H13NO4/c1-3-6-5-11-9(13)7(8(6)12)10(14)15-4-2/h5H,3-4H2,1-2H3,(H2,11,12,13). The molecule has 0 aliphatic heterocycles. The van der Waals surface area contributed by atoms with Gasteiger partial charge in [0, 0.05) is 11.8 Å². The van der Waals surface area contributed by atoms with Crippen LogP contribution in [0.2, 0.25) is 0 Å². The van der Waals surface area contributed by atoms with Crippen molar-refractivity contribution in [3.63, 3.8) is 0 Å². The highest BCUT2D eigenvalue weighted by Gasteiger charge is 2.19. The molecule has 1 aromatic rings. The van der Waals surface area contributed by atoms with Crippen LogP contribution in [0.15, 0.2) is 11.0 Å². The van der Waals surface area contributed by atoms with Crippen LogP contribution in [-0.2, 0) is 11.2 Å². The molecule has 0 fully saturated rings. The van der Waals surface area contributed by atoms with E-state index in [0.29, 0.717) is 12.0 Å². The van der Waals surface area contributed by atoms with Crippen LogP contribution in [0, 0.1) is 0 Å². The second-order valence-electron chi connectivity index (χ2n) is 2.94. The Morgan fingerprint density at radius 2 is 2.20 bits per heavy atom. The predicted molar refractivity (Wildman–Crippen MR) is 54.1 cm³/mol. The Hall–Kier alpha value is -1.78. The van der Waals surface area contributed by atoms with Crippen LogP contribution in [-0.4, -0.2) is 22.7 Å². The number of aromatic nitrogens is 1. The molecule has 82 valence electrons. The molecule has 0 aliphatic rings. The molecule has 0 spiro atoms. The van der Waals surface area contributed by atoms with Gasteiger partial charge in [0.1, 0.15) is 5.75 Å². The number of aryl methyl sites for hydroxylation is 1. The summed E-state index contributed by atoms with van der Waals surface area (Å²) in [6, 6.07) is 0. The molecule has 0 saturated heterocycles. The summed E-state index contributed by atoms with van der Waals surface area (Å²) in [7, 11) is 0. The van der Waals surface area contributed by atoms with Gasteiger partial charge in [0.25, 0.3) is 5.56 Å². The van der Waals surface area contributed by atoms with Crippen LogP contribution in [0.5, 0.6) is 5.75 Å². The second kappa shape index (κ2) is 4.63. The van der Waals surface area contributed by atoms with Crippen molar-refractivity contribution in [1.29, 1.82) is 0 Å². The van der Waals surface area contributed by atoms with E-state index in [2.05, 4.69) is 9.72 Å². The van der Waals surface area contributed by atoms with Crippen LogP contribution >= 0.6 is 0 Å². The molecule has 5 nitrogen and oxygen atoms in total. The first-order valence-electron chi connectivity index (χ1n) is 4.72. The van der Waals surface area contributed by atoms with Gasteiger partial charge in [-0.15, -0.1) is 0 Å². The number of aromatic hydroxyl groups is 1. The van der Waals surface area contributed by atoms with Crippen molar-refractivity contribution in [2.75, 3.05) is 6.61 Å². The molecule has 0 bridgehead atoms. The monoisotopic (exact) mass is 211 g/mol. The lowest BCUT2D eigenvalue weighted by molar-refractivity contribution is 0.0520. The molecule has 15 heavy (non-hydrogen) atoms. The Labute approximate surface area is 86.7 Å². The second-order valence-corrected chi connectivity index (χ2v) is 2.94. The summed E-state index contributed by atoms with van der Waals surface area (Å²) in [4.78, 5) is 25.0. The molecule has 0 unspecified atom stereocenters. The van der Waals surface area contributed by atoms with Gasteiger partial charge in [-0.1, -0.05) is 6.92 Å².